The zero-order chi connectivity index (χ0) is 13.7. The van der Waals surface area contributed by atoms with Crippen LogP contribution in [-0.2, 0) is 14.8 Å². The Hall–Kier alpha value is -1.29. The molecule has 1 unspecified atom stereocenters. The van der Waals surface area contributed by atoms with Crippen LogP contribution >= 0.6 is 0 Å². The minimum absolute atomic E-state index is 0.00214. The van der Waals surface area contributed by atoms with Crippen molar-refractivity contribution in [1.29, 1.82) is 0 Å². The molecule has 2 rings (SSSR count). The van der Waals surface area contributed by atoms with Crippen LogP contribution in [0, 0.1) is 0 Å². The molecule has 0 aliphatic carbocycles. The Morgan fingerprint density at radius 1 is 1.37 bits per heavy atom. The molecule has 0 aromatic carbocycles. The van der Waals surface area contributed by atoms with Crippen LogP contribution in [0.2, 0.25) is 0 Å². The van der Waals surface area contributed by atoms with Gasteiger partial charge in [0.2, 0.25) is 16.0 Å². The Morgan fingerprint density at radius 3 is 2.68 bits per heavy atom. The van der Waals surface area contributed by atoms with E-state index < -0.39 is 10.0 Å². The van der Waals surface area contributed by atoms with Crippen LogP contribution in [0.3, 0.4) is 0 Å². The van der Waals surface area contributed by atoms with Gasteiger partial charge in [-0.2, -0.15) is 0 Å². The molecule has 106 valence electrons. The molecule has 0 spiro atoms. The number of nitrogens with zero attached hydrogens (tertiary/aromatic N) is 2. The highest BCUT2D eigenvalue weighted by Gasteiger charge is 2.19. The lowest BCUT2D eigenvalue weighted by Crippen LogP contribution is -2.35. The van der Waals surface area contributed by atoms with E-state index >= 15 is 0 Å². The van der Waals surface area contributed by atoms with Gasteiger partial charge in [-0.1, -0.05) is 0 Å². The second-order valence-corrected chi connectivity index (χ2v) is 5.99. The number of sulfonamides is 1. The third-order valence-corrected chi connectivity index (χ3v) is 4.22. The Kier molecular flexibility index (Phi) is 4.64. The first-order chi connectivity index (χ1) is 9.12. The largest absolute Gasteiger partial charge is 0.377 e. The molecule has 2 heterocycles. The topological polar surface area (TPSA) is 119 Å². The first kappa shape index (κ1) is 14.1. The standard InChI is InChI=1S/C10H17N5O3S/c11-15-10-12-6-9(7-13-10)19(16,17)14-5-8-3-1-2-4-18-8/h6-8,14H,1-5,11H2,(H,12,13,15). The van der Waals surface area contributed by atoms with Crippen molar-refractivity contribution in [1.82, 2.24) is 14.7 Å². The van der Waals surface area contributed by atoms with Crippen molar-refractivity contribution in [3.05, 3.63) is 12.4 Å². The molecule has 1 aliphatic heterocycles. The summed E-state index contributed by atoms with van der Waals surface area (Å²) in [6, 6.07) is 0. The highest BCUT2D eigenvalue weighted by atomic mass is 32.2. The van der Waals surface area contributed by atoms with E-state index in [2.05, 4.69) is 20.1 Å². The molecular formula is C10H17N5O3S. The highest BCUT2D eigenvalue weighted by Crippen LogP contribution is 2.13. The van der Waals surface area contributed by atoms with E-state index in [4.69, 9.17) is 10.6 Å². The third-order valence-electron chi connectivity index (χ3n) is 2.84. The van der Waals surface area contributed by atoms with Gasteiger partial charge in [0.25, 0.3) is 0 Å². The summed E-state index contributed by atoms with van der Waals surface area (Å²) in [5, 5.41) is 0. The Balaban J connectivity index is 1.96. The SMILES string of the molecule is NNc1ncc(S(=O)(=O)NCC2CCCCO2)cn1. The number of nitrogens with two attached hydrogens (primary N) is 1. The third kappa shape index (κ3) is 3.83. The van der Waals surface area contributed by atoms with E-state index in [9.17, 15) is 8.42 Å². The van der Waals surface area contributed by atoms with E-state index in [0.29, 0.717) is 6.61 Å². The fraction of sp³-hybridized carbons (Fsp3) is 0.600. The van der Waals surface area contributed by atoms with Crippen LogP contribution in [0.4, 0.5) is 5.95 Å². The highest BCUT2D eigenvalue weighted by molar-refractivity contribution is 7.89. The van der Waals surface area contributed by atoms with Crippen molar-refractivity contribution in [3.63, 3.8) is 0 Å². The second kappa shape index (κ2) is 6.24. The van der Waals surface area contributed by atoms with Crippen molar-refractivity contribution >= 4 is 16.0 Å². The summed E-state index contributed by atoms with van der Waals surface area (Å²) >= 11 is 0. The summed E-state index contributed by atoms with van der Waals surface area (Å²) in [6.45, 7) is 0.950. The van der Waals surface area contributed by atoms with Gasteiger partial charge in [0.15, 0.2) is 0 Å². The maximum absolute atomic E-state index is 12.0. The molecule has 1 atom stereocenters. The van der Waals surface area contributed by atoms with Gasteiger partial charge in [-0.05, 0) is 19.3 Å². The predicted molar refractivity (Wildman–Crippen MR) is 68.6 cm³/mol. The summed E-state index contributed by atoms with van der Waals surface area (Å²) in [4.78, 5) is 7.52. The number of rotatable bonds is 5. The lowest BCUT2D eigenvalue weighted by molar-refractivity contribution is 0.0200. The van der Waals surface area contributed by atoms with E-state index in [0.717, 1.165) is 19.3 Å². The average molecular weight is 287 g/mol. The molecule has 1 fully saturated rings. The van der Waals surface area contributed by atoms with Crippen LogP contribution in [-0.4, -0.2) is 37.6 Å². The zero-order valence-corrected chi connectivity index (χ0v) is 11.2. The number of nitrogens with one attached hydrogen (secondary N) is 2. The minimum atomic E-state index is -3.61. The summed E-state index contributed by atoms with van der Waals surface area (Å²) in [6.07, 6.45) is 5.30. The Bertz CT molecular complexity index is 498. The van der Waals surface area contributed by atoms with E-state index in [1.54, 1.807) is 0 Å². The molecule has 1 aromatic rings. The van der Waals surface area contributed by atoms with Gasteiger partial charge in [0, 0.05) is 13.2 Å². The predicted octanol–water partition coefficient (Wildman–Crippen LogP) is -0.390. The summed E-state index contributed by atoms with van der Waals surface area (Å²) in [7, 11) is -3.61. The maximum Gasteiger partial charge on any atom is 0.243 e. The molecule has 8 nitrogen and oxygen atoms in total. The number of anilines is 1. The second-order valence-electron chi connectivity index (χ2n) is 4.23. The Labute approximate surface area is 111 Å². The lowest BCUT2D eigenvalue weighted by atomic mass is 10.1. The average Bonchev–Trinajstić information content (AvgIpc) is 2.46. The van der Waals surface area contributed by atoms with Crippen LogP contribution in [0.1, 0.15) is 19.3 Å². The quantitative estimate of drug-likeness (QED) is 0.498. The smallest absolute Gasteiger partial charge is 0.243 e. The fourth-order valence-corrected chi connectivity index (χ4v) is 2.74. The van der Waals surface area contributed by atoms with Crippen molar-refractivity contribution < 1.29 is 13.2 Å². The number of hydrogen-bond acceptors (Lipinski definition) is 7. The first-order valence-electron chi connectivity index (χ1n) is 6.02. The number of hydrogen-bond donors (Lipinski definition) is 3. The molecule has 4 N–H and O–H groups in total. The van der Waals surface area contributed by atoms with Gasteiger partial charge < -0.3 is 4.74 Å². The molecule has 1 aliphatic rings. The molecular weight excluding hydrogens is 270 g/mol. The summed E-state index contributed by atoms with van der Waals surface area (Å²) < 4.78 is 31.9. The van der Waals surface area contributed by atoms with E-state index in [-0.39, 0.29) is 23.5 Å². The summed E-state index contributed by atoms with van der Waals surface area (Å²) in [5.41, 5.74) is 2.23. The van der Waals surface area contributed by atoms with Crippen molar-refractivity contribution in [2.45, 2.75) is 30.3 Å². The molecule has 0 bridgehead atoms. The zero-order valence-electron chi connectivity index (χ0n) is 10.4. The Morgan fingerprint density at radius 2 is 2.11 bits per heavy atom. The van der Waals surface area contributed by atoms with Gasteiger partial charge >= 0.3 is 0 Å². The molecule has 0 radical (unpaired) electrons. The fourth-order valence-electron chi connectivity index (χ4n) is 1.78. The van der Waals surface area contributed by atoms with Gasteiger partial charge in [-0.25, -0.2) is 29.0 Å². The van der Waals surface area contributed by atoms with Gasteiger partial charge in [-0.15, -0.1) is 0 Å². The molecule has 9 heteroatoms. The van der Waals surface area contributed by atoms with Crippen LogP contribution in [0.5, 0.6) is 0 Å². The van der Waals surface area contributed by atoms with Crippen LogP contribution < -0.4 is 16.0 Å². The lowest BCUT2D eigenvalue weighted by Gasteiger charge is -2.22. The van der Waals surface area contributed by atoms with E-state index in [1.165, 1.54) is 12.4 Å². The number of nitrogen functional groups attached to an aromatic ring is 1. The molecule has 0 saturated carbocycles. The van der Waals surface area contributed by atoms with Gasteiger partial charge in [-0.3, -0.25) is 5.43 Å². The van der Waals surface area contributed by atoms with E-state index in [1.807, 2.05) is 0 Å². The molecule has 0 amide bonds. The van der Waals surface area contributed by atoms with Crippen molar-refractivity contribution in [3.8, 4) is 0 Å². The maximum atomic E-state index is 12.0. The summed E-state index contributed by atoms with van der Waals surface area (Å²) in [5.74, 6) is 5.27. The monoisotopic (exact) mass is 287 g/mol. The van der Waals surface area contributed by atoms with Crippen LogP contribution in [0.15, 0.2) is 17.3 Å². The minimum Gasteiger partial charge on any atom is -0.377 e. The molecule has 1 aromatic heterocycles. The molecule has 1 saturated heterocycles. The number of aromatic nitrogens is 2. The van der Waals surface area contributed by atoms with Crippen LogP contribution in [0.25, 0.3) is 0 Å². The van der Waals surface area contributed by atoms with Crippen molar-refractivity contribution in [2.24, 2.45) is 5.84 Å². The normalized spacial score (nSPS) is 20.2. The van der Waals surface area contributed by atoms with Gasteiger partial charge in [0.1, 0.15) is 4.90 Å². The number of hydrazine groups is 1. The van der Waals surface area contributed by atoms with Gasteiger partial charge in [0.05, 0.1) is 18.5 Å². The molecule has 19 heavy (non-hydrogen) atoms. The first-order valence-corrected chi connectivity index (χ1v) is 7.50. The number of ether oxygens (including phenoxy) is 1. The van der Waals surface area contributed by atoms with Crippen molar-refractivity contribution in [2.75, 3.05) is 18.6 Å².